The van der Waals surface area contributed by atoms with E-state index in [1.54, 1.807) is 25.3 Å². The topological polar surface area (TPSA) is 41.9 Å². The number of halogens is 1. The molecule has 0 aliphatic carbocycles. The van der Waals surface area contributed by atoms with E-state index in [0.29, 0.717) is 22.3 Å². The van der Waals surface area contributed by atoms with Crippen LogP contribution in [0.3, 0.4) is 0 Å². The maximum Gasteiger partial charge on any atom is 0.283 e. The van der Waals surface area contributed by atoms with Crippen molar-refractivity contribution in [1.82, 2.24) is 0 Å². The van der Waals surface area contributed by atoms with Gasteiger partial charge in [-0.3, -0.25) is 9.69 Å². The Morgan fingerprint density at radius 3 is 2.53 bits per heavy atom. The molecule has 0 radical (unpaired) electrons. The Morgan fingerprint density at radius 1 is 1.03 bits per heavy atom. The number of anilines is 1. The van der Waals surface area contributed by atoms with Gasteiger partial charge in [-0.15, -0.1) is 0 Å². The SMILES string of the molecule is COc1cccc(CSC2=NC(=Cc3ccccc3)C(=O)N2c2ccc(F)cc2)c1. The molecule has 1 aliphatic rings. The Hall–Kier alpha value is -3.38. The number of nitrogens with zero attached hydrogens (tertiary/aromatic N) is 2. The summed E-state index contributed by atoms with van der Waals surface area (Å²) in [5, 5.41) is 0.552. The Bertz CT molecular complexity index is 1110. The van der Waals surface area contributed by atoms with Gasteiger partial charge in [-0.2, -0.15) is 0 Å². The fourth-order valence-electron chi connectivity index (χ4n) is 3.03. The molecule has 1 heterocycles. The van der Waals surface area contributed by atoms with Crippen LogP contribution >= 0.6 is 11.8 Å². The number of methoxy groups -OCH3 is 1. The molecule has 3 aromatic carbocycles. The van der Waals surface area contributed by atoms with Crippen LogP contribution in [0, 0.1) is 5.82 Å². The second-order valence-electron chi connectivity index (χ2n) is 6.59. The van der Waals surface area contributed by atoms with Crippen molar-refractivity contribution in [2.24, 2.45) is 4.99 Å². The highest BCUT2D eigenvalue weighted by atomic mass is 32.2. The van der Waals surface area contributed by atoms with Gasteiger partial charge in [-0.25, -0.2) is 9.38 Å². The number of amidine groups is 1. The fourth-order valence-corrected chi connectivity index (χ4v) is 3.98. The van der Waals surface area contributed by atoms with E-state index in [1.807, 2.05) is 54.6 Å². The molecule has 4 nitrogen and oxygen atoms in total. The van der Waals surface area contributed by atoms with Crippen LogP contribution in [0.1, 0.15) is 11.1 Å². The third-order valence-corrected chi connectivity index (χ3v) is 5.53. The molecule has 0 unspecified atom stereocenters. The number of hydrogen-bond donors (Lipinski definition) is 0. The lowest BCUT2D eigenvalue weighted by Gasteiger charge is -2.18. The van der Waals surface area contributed by atoms with Crippen molar-refractivity contribution in [1.29, 1.82) is 0 Å². The summed E-state index contributed by atoms with van der Waals surface area (Å²) in [7, 11) is 1.63. The second-order valence-corrected chi connectivity index (χ2v) is 7.53. The molecule has 4 rings (SSSR count). The van der Waals surface area contributed by atoms with Gasteiger partial charge in [-0.1, -0.05) is 54.2 Å². The minimum absolute atomic E-state index is 0.237. The highest BCUT2D eigenvalue weighted by Gasteiger charge is 2.32. The molecule has 0 atom stereocenters. The third-order valence-electron chi connectivity index (χ3n) is 4.52. The van der Waals surface area contributed by atoms with Gasteiger partial charge in [0.2, 0.25) is 0 Å². The lowest BCUT2D eigenvalue weighted by molar-refractivity contribution is -0.113. The molecule has 0 spiro atoms. The summed E-state index contributed by atoms with van der Waals surface area (Å²) in [6, 6.07) is 23.2. The molecule has 0 bridgehead atoms. The summed E-state index contributed by atoms with van der Waals surface area (Å²) in [4.78, 5) is 19.3. The van der Waals surface area contributed by atoms with Crippen LogP contribution in [0.15, 0.2) is 89.6 Å². The van der Waals surface area contributed by atoms with E-state index < -0.39 is 0 Å². The van der Waals surface area contributed by atoms with Gasteiger partial charge in [0, 0.05) is 5.75 Å². The van der Waals surface area contributed by atoms with Crippen LogP contribution < -0.4 is 9.64 Å². The van der Waals surface area contributed by atoms with E-state index in [2.05, 4.69) is 4.99 Å². The van der Waals surface area contributed by atoms with Crippen molar-refractivity contribution >= 4 is 34.6 Å². The largest absolute Gasteiger partial charge is 0.497 e. The van der Waals surface area contributed by atoms with Gasteiger partial charge >= 0.3 is 0 Å². The van der Waals surface area contributed by atoms with E-state index in [0.717, 1.165) is 16.9 Å². The summed E-state index contributed by atoms with van der Waals surface area (Å²) < 4.78 is 18.7. The van der Waals surface area contributed by atoms with Crippen molar-refractivity contribution in [2.45, 2.75) is 5.75 Å². The first-order chi connectivity index (χ1) is 14.6. The standard InChI is InChI=1S/C24H19FN2O2S/c1-29-21-9-5-8-18(14-21)16-30-24-26-22(15-17-6-3-2-4-7-17)23(28)27(24)20-12-10-19(25)11-13-20/h2-15H,16H2,1H3. The average molecular weight is 418 g/mol. The Kier molecular flexibility index (Phi) is 5.95. The van der Waals surface area contributed by atoms with Crippen molar-refractivity contribution in [3.63, 3.8) is 0 Å². The molecule has 150 valence electrons. The predicted octanol–water partition coefficient (Wildman–Crippen LogP) is 5.51. The van der Waals surface area contributed by atoms with Gasteiger partial charge in [-0.05, 0) is 53.6 Å². The minimum atomic E-state index is -0.354. The predicted molar refractivity (Wildman–Crippen MR) is 120 cm³/mol. The smallest absolute Gasteiger partial charge is 0.283 e. The number of carbonyl (C=O) groups is 1. The number of hydrogen-bond acceptors (Lipinski definition) is 4. The van der Waals surface area contributed by atoms with E-state index in [9.17, 15) is 9.18 Å². The molecule has 1 amide bonds. The van der Waals surface area contributed by atoms with E-state index in [4.69, 9.17) is 4.74 Å². The van der Waals surface area contributed by atoms with Crippen LogP contribution in [0.25, 0.3) is 6.08 Å². The Morgan fingerprint density at radius 2 is 1.80 bits per heavy atom. The zero-order valence-electron chi connectivity index (χ0n) is 16.3. The van der Waals surface area contributed by atoms with Gasteiger partial charge in [0.15, 0.2) is 5.17 Å². The van der Waals surface area contributed by atoms with E-state index >= 15 is 0 Å². The van der Waals surface area contributed by atoms with Crippen LogP contribution in [-0.4, -0.2) is 18.2 Å². The van der Waals surface area contributed by atoms with Gasteiger partial charge in [0.05, 0.1) is 12.8 Å². The number of amides is 1. The van der Waals surface area contributed by atoms with Crippen LogP contribution in [0.2, 0.25) is 0 Å². The summed E-state index contributed by atoms with van der Waals surface area (Å²) >= 11 is 1.45. The highest BCUT2D eigenvalue weighted by Crippen LogP contribution is 2.31. The number of ether oxygens (including phenoxy) is 1. The van der Waals surface area contributed by atoms with Crippen LogP contribution in [0.4, 0.5) is 10.1 Å². The quantitative estimate of drug-likeness (QED) is 0.513. The van der Waals surface area contributed by atoms with Crippen molar-refractivity contribution in [3.05, 3.63) is 102 Å². The first-order valence-electron chi connectivity index (χ1n) is 9.35. The van der Waals surface area contributed by atoms with Gasteiger partial charge in [0.1, 0.15) is 17.3 Å². The number of thioether (sulfide) groups is 1. The van der Waals surface area contributed by atoms with E-state index in [-0.39, 0.29) is 11.7 Å². The minimum Gasteiger partial charge on any atom is -0.497 e. The fraction of sp³-hybridized carbons (Fsp3) is 0.0833. The number of rotatable bonds is 5. The summed E-state index contributed by atoms with van der Waals surface area (Å²) in [5.41, 5.74) is 2.87. The molecular formula is C24H19FN2O2S. The summed E-state index contributed by atoms with van der Waals surface area (Å²) in [5.74, 6) is 0.795. The Labute approximate surface area is 178 Å². The molecule has 3 aromatic rings. The lowest BCUT2D eigenvalue weighted by atomic mass is 10.2. The number of benzene rings is 3. The van der Waals surface area contributed by atoms with Gasteiger partial charge < -0.3 is 4.74 Å². The lowest BCUT2D eigenvalue weighted by Crippen LogP contribution is -2.30. The van der Waals surface area contributed by atoms with Crippen molar-refractivity contribution in [2.75, 3.05) is 12.0 Å². The average Bonchev–Trinajstić information content (AvgIpc) is 3.09. The second kappa shape index (κ2) is 8.97. The maximum absolute atomic E-state index is 13.4. The molecule has 30 heavy (non-hydrogen) atoms. The summed E-state index contributed by atoms with van der Waals surface area (Å²) in [6.45, 7) is 0. The number of aliphatic imine (C=N–C) groups is 1. The number of carbonyl (C=O) groups excluding carboxylic acids is 1. The first-order valence-corrected chi connectivity index (χ1v) is 10.3. The monoisotopic (exact) mass is 418 g/mol. The van der Waals surface area contributed by atoms with Crippen molar-refractivity contribution in [3.8, 4) is 5.75 Å². The van der Waals surface area contributed by atoms with Crippen LogP contribution in [-0.2, 0) is 10.5 Å². The zero-order valence-corrected chi connectivity index (χ0v) is 17.1. The molecule has 0 saturated heterocycles. The molecule has 1 aliphatic heterocycles. The molecule has 0 N–H and O–H groups in total. The third kappa shape index (κ3) is 4.44. The summed E-state index contributed by atoms with van der Waals surface area (Å²) in [6.07, 6.45) is 1.76. The normalized spacial score (nSPS) is 14.9. The molecule has 0 aromatic heterocycles. The van der Waals surface area contributed by atoms with Gasteiger partial charge in [0.25, 0.3) is 5.91 Å². The molecule has 0 saturated carbocycles. The van der Waals surface area contributed by atoms with Crippen molar-refractivity contribution < 1.29 is 13.9 Å². The first kappa shape index (κ1) is 19.9. The van der Waals surface area contributed by atoms with E-state index in [1.165, 1.54) is 28.8 Å². The molecule has 0 fully saturated rings. The highest BCUT2D eigenvalue weighted by molar-refractivity contribution is 8.13. The molecule has 6 heteroatoms. The van der Waals surface area contributed by atoms with Crippen LogP contribution in [0.5, 0.6) is 5.75 Å². The Balaban J connectivity index is 1.65. The molecular weight excluding hydrogens is 399 g/mol. The maximum atomic E-state index is 13.4. The zero-order chi connectivity index (χ0) is 20.9.